The molecule has 1 rings (SSSR count). The lowest BCUT2D eigenvalue weighted by atomic mass is 9.92. The van der Waals surface area contributed by atoms with Gasteiger partial charge in [0.1, 0.15) is 5.76 Å². The van der Waals surface area contributed by atoms with E-state index in [1.54, 1.807) is 6.26 Å². The van der Waals surface area contributed by atoms with E-state index in [4.69, 9.17) is 10.2 Å². The predicted molar refractivity (Wildman–Crippen MR) is 54.4 cm³/mol. The molecule has 0 amide bonds. The van der Waals surface area contributed by atoms with Crippen LogP contribution in [0.25, 0.3) is 0 Å². The number of furan rings is 1. The molecule has 0 radical (unpaired) electrons. The number of rotatable bonds is 4. The molecule has 1 aromatic heterocycles. The van der Waals surface area contributed by atoms with Crippen molar-refractivity contribution >= 4 is 0 Å². The van der Waals surface area contributed by atoms with Gasteiger partial charge in [-0.15, -0.1) is 0 Å². The van der Waals surface area contributed by atoms with Gasteiger partial charge in [0, 0.05) is 0 Å². The smallest absolute Gasteiger partial charge is 0.123 e. The van der Waals surface area contributed by atoms with Crippen LogP contribution in [0.2, 0.25) is 0 Å². The van der Waals surface area contributed by atoms with Gasteiger partial charge in [-0.1, -0.05) is 26.7 Å². The van der Waals surface area contributed by atoms with Crippen LogP contribution >= 0.6 is 0 Å². The molecule has 0 spiro atoms. The van der Waals surface area contributed by atoms with Crippen molar-refractivity contribution in [2.75, 3.05) is 0 Å². The molecule has 13 heavy (non-hydrogen) atoms. The van der Waals surface area contributed by atoms with Gasteiger partial charge in [-0.3, -0.25) is 0 Å². The molecule has 0 aromatic carbocycles. The molecule has 0 saturated carbocycles. The molecule has 0 bridgehead atoms. The minimum absolute atomic E-state index is 0.0602. The quantitative estimate of drug-likeness (QED) is 0.775. The van der Waals surface area contributed by atoms with E-state index in [0.717, 1.165) is 18.6 Å². The zero-order valence-corrected chi connectivity index (χ0v) is 8.71. The average molecular weight is 181 g/mol. The van der Waals surface area contributed by atoms with Gasteiger partial charge in [-0.2, -0.15) is 0 Å². The Morgan fingerprint density at radius 3 is 2.38 bits per heavy atom. The summed E-state index contributed by atoms with van der Waals surface area (Å²) in [5.41, 5.74) is 7.28. The van der Waals surface area contributed by atoms with Crippen molar-refractivity contribution < 1.29 is 4.42 Å². The van der Waals surface area contributed by atoms with Crippen molar-refractivity contribution in [2.24, 2.45) is 11.7 Å². The molecule has 0 aliphatic carbocycles. The normalized spacial score (nSPS) is 13.6. The number of hydrogen-bond donors (Lipinski definition) is 1. The lowest BCUT2D eigenvalue weighted by Crippen LogP contribution is -2.20. The molecule has 74 valence electrons. The van der Waals surface area contributed by atoms with Gasteiger partial charge >= 0.3 is 0 Å². The molecular formula is C11H19NO. The maximum absolute atomic E-state index is 6.11. The summed E-state index contributed by atoms with van der Waals surface area (Å²) in [6, 6.07) is 2.03. The van der Waals surface area contributed by atoms with E-state index >= 15 is 0 Å². The third kappa shape index (κ3) is 2.13. The minimum atomic E-state index is 0.0602. The van der Waals surface area contributed by atoms with Gasteiger partial charge in [0.25, 0.3) is 0 Å². The molecule has 1 heterocycles. The van der Waals surface area contributed by atoms with Gasteiger partial charge in [-0.25, -0.2) is 0 Å². The van der Waals surface area contributed by atoms with Gasteiger partial charge in [0.15, 0.2) is 0 Å². The summed E-state index contributed by atoms with van der Waals surface area (Å²) in [6.45, 7) is 6.39. The minimum Gasteiger partial charge on any atom is -0.467 e. The van der Waals surface area contributed by atoms with Crippen molar-refractivity contribution in [3.8, 4) is 0 Å². The van der Waals surface area contributed by atoms with E-state index in [1.165, 1.54) is 5.56 Å². The van der Waals surface area contributed by atoms with Crippen LogP contribution in [0.15, 0.2) is 16.7 Å². The average Bonchev–Trinajstić information content (AvgIpc) is 2.53. The molecule has 1 aromatic rings. The Labute approximate surface area is 80.1 Å². The fraction of sp³-hybridized carbons (Fsp3) is 0.636. The van der Waals surface area contributed by atoms with Crippen LogP contribution in [0.4, 0.5) is 0 Å². The third-order valence-electron chi connectivity index (χ3n) is 2.76. The van der Waals surface area contributed by atoms with E-state index in [-0.39, 0.29) is 6.04 Å². The Hall–Kier alpha value is -0.760. The Morgan fingerprint density at radius 2 is 2.00 bits per heavy atom. The molecule has 2 nitrogen and oxygen atoms in total. The summed E-state index contributed by atoms with van der Waals surface area (Å²) >= 11 is 0. The monoisotopic (exact) mass is 181 g/mol. The first-order chi connectivity index (χ1) is 6.20. The lowest BCUT2D eigenvalue weighted by Gasteiger charge is -2.19. The van der Waals surface area contributed by atoms with Crippen LogP contribution in [0.5, 0.6) is 0 Å². The maximum atomic E-state index is 6.11. The van der Waals surface area contributed by atoms with Crippen LogP contribution in [-0.4, -0.2) is 0 Å². The summed E-state index contributed by atoms with van der Waals surface area (Å²) in [5, 5.41) is 0. The fourth-order valence-electron chi connectivity index (χ4n) is 1.74. The molecule has 1 atom stereocenters. The maximum Gasteiger partial charge on any atom is 0.123 e. The van der Waals surface area contributed by atoms with Crippen molar-refractivity contribution in [1.82, 2.24) is 0 Å². The summed E-state index contributed by atoms with van der Waals surface area (Å²) in [4.78, 5) is 0. The van der Waals surface area contributed by atoms with Crippen molar-refractivity contribution in [1.29, 1.82) is 0 Å². The zero-order valence-electron chi connectivity index (χ0n) is 8.71. The molecule has 0 aliphatic rings. The second-order valence-electron chi connectivity index (χ2n) is 3.57. The highest BCUT2D eigenvalue weighted by atomic mass is 16.3. The lowest BCUT2D eigenvalue weighted by molar-refractivity contribution is 0.345. The highest BCUT2D eigenvalue weighted by Crippen LogP contribution is 2.27. The molecule has 1 unspecified atom stereocenters. The van der Waals surface area contributed by atoms with Crippen molar-refractivity contribution in [2.45, 2.75) is 39.7 Å². The Morgan fingerprint density at radius 1 is 1.38 bits per heavy atom. The van der Waals surface area contributed by atoms with Crippen LogP contribution in [0.1, 0.15) is 44.1 Å². The number of aryl methyl sites for hydroxylation is 1. The topological polar surface area (TPSA) is 39.2 Å². The first kappa shape index (κ1) is 10.3. The molecule has 0 aliphatic heterocycles. The first-order valence-electron chi connectivity index (χ1n) is 5.00. The van der Waals surface area contributed by atoms with Gasteiger partial charge in [-0.05, 0) is 24.5 Å². The molecule has 2 heteroatoms. The predicted octanol–water partition coefficient (Wildman–Crippen LogP) is 3.02. The Balaban J connectivity index is 2.77. The molecule has 0 fully saturated rings. The van der Waals surface area contributed by atoms with E-state index in [9.17, 15) is 0 Å². The van der Waals surface area contributed by atoms with Crippen molar-refractivity contribution in [3.63, 3.8) is 0 Å². The second-order valence-corrected chi connectivity index (χ2v) is 3.57. The van der Waals surface area contributed by atoms with Crippen LogP contribution < -0.4 is 5.73 Å². The SMILES string of the molecule is CCC(CC)C(N)c1occc1C. The van der Waals surface area contributed by atoms with Crippen LogP contribution in [0, 0.1) is 12.8 Å². The Kier molecular flexibility index (Phi) is 3.55. The summed E-state index contributed by atoms with van der Waals surface area (Å²) in [6.07, 6.45) is 3.93. The molecular weight excluding hydrogens is 162 g/mol. The fourth-order valence-corrected chi connectivity index (χ4v) is 1.74. The summed E-state index contributed by atoms with van der Waals surface area (Å²) < 4.78 is 5.39. The zero-order chi connectivity index (χ0) is 9.84. The van der Waals surface area contributed by atoms with E-state index < -0.39 is 0 Å². The standard InChI is InChI=1S/C11H19NO/c1-4-9(5-2)10(12)11-8(3)6-7-13-11/h6-7,9-10H,4-5,12H2,1-3H3. The summed E-state index contributed by atoms with van der Waals surface area (Å²) in [7, 11) is 0. The molecule has 0 saturated heterocycles. The van der Waals surface area contributed by atoms with E-state index in [0.29, 0.717) is 5.92 Å². The van der Waals surface area contributed by atoms with Crippen LogP contribution in [0.3, 0.4) is 0 Å². The highest BCUT2D eigenvalue weighted by Gasteiger charge is 2.20. The van der Waals surface area contributed by atoms with Crippen LogP contribution in [-0.2, 0) is 0 Å². The largest absolute Gasteiger partial charge is 0.467 e. The number of hydrogen-bond acceptors (Lipinski definition) is 2. The first-order valence-corrected chi connectivity index (χ1v) is 5.00. The van der Waals surface area contributed by atoms with Crippen molar-refractivity contribution in [3.05, 3.63) is 23.7 Å². The van der Waals surface area contributed by atoms with Gasteiger partial charge in [0.2, 0.25) is 0 Å². The van der Waals surface area contributed by atoms with Gasteiger partial charge < -0.3 is 10.2 Å². The van der Waals surface area contributed by atoms with E-state index in [1.807, 2.05) is 13.0 Å². The van der Waals surface area contributed by atoms with E-state index in [2.05, 4.69) is 13.8 Å². The Bertz CT molecular complexity index is 250. The second kappa shape index (κ2) is 4.47. The number of nitrogens with two attached hydrogens (primary N) is 1. The molecule has 2 N–H and O–H groups in total. The third-order valence-corrected chi connectivity index (χ3v) is 2.76. The summed E-state index contributed by atoms with van der Waals surface area (Å²) in [5.74, 6) is 1.48. The highest BCUT2D eigenvalue weighted by molar-refractivity contribution is 5.18. The van der Waals surface area contributed by atoms with Gasteiger partial charge in [0.05, 0.1) is 12.3 Å².